The van der Waals surface area contributed by atoms with Gasteiger partial charge in [-0.05, 0) is 46.1 Å². The van der Waals surface area contributed by atoms with E-state index in [1.807, 2.05) is 13.8 Å². The highest BCUT2D eigenvalue weighted by atomic mass is 16.5. The number of primary amides is 1. The Bertz CT molecular complexity index is 297. The van der Waals surface area contributed by atoms with Crippen molar-refractivity contribution in [1.82, 2.24) is 5.32 Å². The second-order valence-corrected chi connectivity index (χ2v) is 5.88. The summed E-state index contributed by atoms with van der Waals surface area (Å²) in [5.74, 6) is -0.252. The Kier molecular flexibility index (Phi) is 7.48. The lowest BCUT2D eigenvalue weighted by atomic mass is 9.79. The van der Waals surface area contributed by atoms with Gasteiger partial charge >= 0.3 is 0 Å². The van der Waals surface area contributed by atoms with Gasteiger partial charge in [-0.25, -0.2) is 0 Å². The van der Waals surface area contributed by atoms with Crippen LogP contribution in [-0.4, -0.2) is 43.4 Å². The molecule has 0 aromatic heterocycles. The maximum absolute atomic E-state index is 11.8. The van der Waals surface area contributed by atoms with Gasteiger partial charge in [-0.2, -0.15) is 0 Å². The third-order valence-electron chi connectivity index (χ3n) is 3.78. The first-order chi connectivity index (χ1) is 9.50. The molecule has 1 aliphatic carbocycles. The topological polar surface area (TPSA) is 73.6 Å². The monoisotopic (exact) mass is 286 g/mol. The summed E-state index contributed by atoms with van der Waals surface area (Å²) in [6.45, 7) is 8.08. The molecule has 0 spiro atoms. The van der Waals surface area contributed by atoms with Crippen molar-refractivity contribution in [3.05, 3.63) is 0 Å². The van der Waals surface area contributed by atoms with Gasteiger partial charge in [0.15, 0.2) is 0 Å². The Labute approximate surface area is 122 Å². The lowest BCUT2D eigenvalue weighted by Crippen LogP contribution is -2.59. The number of hydrogen-bond donors (Lipinski definition) is 2. The minimum atomic E-state index is -0.585. The molecule has 0 aromatic rings. The van der Waals surface area contributed by atoms with E-state index in [1.54, 1.807) is 0 Å². The van der Waals surface area contributed by atoms with Gasteiger partial charge in [0.25, 0.3) is 0 Å². The van der Waals surface area contributed by atoms with E-state index in [-0.39, 0.29) is 18.1 Å². The molecule has 0 aliphatic heterocycles. The van der Waals surface area contributed by atoms with Crippen molar-refractivity contribution in [2.24, 2.45) is 5.73 Å². The van der Waals surface area contributed by atoms with Crippen LogP contribution in [0.5, 0.6) is 0 Å². The molecule has 1 saturated carbocycles. The van der Waals surface area contributed by atoms with E-state index in [0.29, 0.717) is 19.6 Å². The van der Waals surface area contributed by atoms with E-state index in [4.69, 9.17) is 15.2 Å². The number of rotatable bonds is 9. The maximum atomic E-state index is 11.8. The van der Waals surface area contributed by atoms with Gasteiger partial charge in [0.05, 0.1) is 25.4 Å². The predicted octanol–water partition coefficient (Wildman–Crippen LogP) is 1.59. The molecular weight excluding hydrogens is 256 g/mol. The molecule has 1 rings (SSSR count). The molecule has 5 heteroatoms. The zero-order valence-electron chi connectivity index (χ0n) is 13.1. The smallest absolute Gasteiger partial charge is 0.237 e. The van der Waals surface area contributed by atoms with E-state index < -0.39 is 5.54 Å². The third kappa shape index (κ3) is 5.38. The highest BCUT2D eigenvalue weighted by Crippen LogP contribution is 2.30. The van der Waals surface area contributed by atoms with Crippen LogP contribution in [0.15, 0.2) is 0 Å². The van der Waals surface area contributed by atoms with Crippen LogP contribution in [-0.2, 0) is 14.3 Å². The van der Waals surface area contributed by atoms with Crippen LogP contribution < -0.4 is 11.1 Å². The highest BCUT2D eigenvalue weighted by Gasteiger charge is 2.41. The third-order valence-corrected chi connectivity index (χ3v) is 3.78. The van der Waals surface area contributed by atoms with Crippen molar-refractivity contribution in [3.63, 3.8) is 0 Å². The summed E-state index contributed by atoms with van der Waals surface area (Å²) >= 11 is 0. The van der Waals surface area contributed by atoms with Gasteiger partial charge in [0.1, 0.15) is 5.54 Å². The summed E-state index contributed by atoms with van der Waals surface area (Å²) in [7, 11) is 0. The largest absolute Gasteiger partial charge is 0.376 e. The second kappa shape index (κ2) is 8.60. The molecule has 0 bridgehead atoms. The fourth-order valence-electron chi connectivity index (χ4n) is 2.70. The van der Waals surface area contributed by atoms with Gasteiger partial charge in [0, 0.05) is 6.42 Å². The highest BCUT2D eigenvalue weighted by molar-refractivity contribution is 5.84. The molecule has 0 saturated heterocycles. The number of amides is 1. The fraction of sp³-hybridized carbons (Fsp3) is 0.933. The summed E-state index contributed by atoms with van der Waals surface area (Å²) in [4.78, 5) is 11.8. The fourth-order valence-corrected chi connectivity index (χ4v) is 2.70. The van der Waals surface area contributed by atoms with Crippen molar-refractivity contribution >= 4 is 5.91 Å². The molecule has 0 radical (unpaired) electrons. The molecule has 2 atom stereocenters. The molecule has 1 aliphatic rings. The Morgan fingerprint density at radius 2 is 2.20 bits per heavy atom. The molecular formula is C15H30N2O3. The molecule has 0 aromatic carbocycles. The summed E-state index contributed by atoms with van der Waals surface area (Å²) in [6.07, 6.45) is 4.74. The maximum Gasteiger partial charge on any atom is 0.237 e. The second-order valence-electron chi connectivity index (χ2n) is 5.88. The van der Waals surface area contributed by atoms with E-state index in [1.165, 1.54) is 0 Å². The quantitative estimate of drug-likeness (QED) is 0.631. The van der Waals surface area contributed by atoms with Crippen LogP contribution in [0.2, 0.25) is 0 Å². The number of ether oxygens (including phenoxy) is 2. The first kappa shape index (κ1) is 17.4. The molecule has 118 valence electrons. The molecule has 1 fully saturated rings. The van der Waals surface area contributed by atoms with Gasteiger partial charge in [-0.3, -0.25) is 4.79 Å². The first-order valence-electron chi connectivity index (χ1n) is 7.78. The first-order valence-corrected chi connectivity index (χ1v) is 7.78. The van der Waals surface area contributed by atoms with Crippen molar-refractivity contribution in [2.45, 2.75) is 70.6 Å². The molecule has 0 heterocycles. The Balaban J connectivity index is 2.44. The van der Waals surface area contributed by atoms with Crippen LogP contribution in [0.1, 0.15) is 52.9 Å². The molecule has 5 nitrogen and oxygen atoms in total. The SMILES string of the molecule is CCCNC1(C(N)=O)CCCC(OCCOC(C)C)C1. The standard InChI is InChI=1S/C15H30N2O3/c1-4-8-17-15(14(16)18)7-5-6-13(11-15)20-10-9-19-12(2)3/h12-13,17H,4-11H2,1-3H3,(H2,16,18). The van der Waals surface area contributed by atoms with Gasteiger partial charge in [-0.15, -0.1) is 0 Å². The Morgan fingerprint density at radius 3 is 2.80 bits per heavy atom. The lowest BCUT2D eigenvalue weighted by molar-refractivity contribution is -0.129. The number of nitrogens with one attached hydrogen (secondary N) is 1. The van der Waals surface area contributed by atoms with E-state index in [0.717, 1.165) is 32.2 Å². The van der Waals surface area contributed by atoms with Gasteiger partial charge < -0.3 is 20.5 Å². The van der Waals surface area contributed by atoms with Crippen LogP contribution in [0.4, 0.5) is 0 Å². The number of hydrogen-bond acceptors (Lipinski definition) is 4. The minimum absolute atomic E-state index is 0.0939. The average molecular weight is 286 g/mol. The van der Waals surface area contributed by atoms with Crippen molar-refractivity contribution in [1.29, 1.82) is 0 Å². The number of carbonyl (C=O) groups is 1. The lowest BCUT2D eigenvalue weighted by Gasteiger charge is -2.39. The minimum Gasteiger partial charge on any atom is -0.376 e. The van der Waals surface area contributed by atoms with E-state index in [2.05, 4.69) is 12.2 Å². The van der Waals surface area contributed by atoms with Crippen LogP contribution in [0.25, 0.3) is 0 Å². The summed E-state index contributed by atoms with van der Waals surface area (Å²) < 4.78 is 11.3. The van der Waals surface area contributed by atoms with Gasteiger partial charge in [-0.1, -0.05) is 6.92 Å². The Morgan fingerprint density at radius 1 is 1.45 bits per heavy atom. The zero-order chi connectivity index (χ0) is 15.0. The number of nitrogens with two attached hydrogens (primary N) is 1. The van der Waals surface area contributed by atoms with E-state index >= 15 is 0 Å². The molecule has 1 amide bonds. The molecule has 2 unspecified atom stereocenters. The summed E-state index contributed by atoms with van der Waals surface area (Å²) in [5, 5.41) is 3.34. The summed E-state index contributed by atoms with van der Waals surface area (Å²) in [5.41, 5.74) is 5.03. The van der Waals surface area contributed by atoms with Crippen LogP contribution >= 0.6 is 0 Å². The van der Waals surface area contributed by atoms with Crippen LogP contribution in [0, 0.1) is 0 Å². The van der Waals surface area contributed by atoms with E-state index in [9.17, 15) is 4.79 Å². The predicted molar refractivity (Wildman–Crippen MR) is 79.5 cm³/mol. The zero-order valence-corrected chi connectivity index (χ0v) is 13.1. The molecule has 20 heavy (non-hydrogen) atoms. The van der Waals surface area contributed by atoms with Crippen molar-refractivity contribution < 1.29 is 14.3 Å². The van der Waals surface area contributed by atoms with Crippen LogP contribution in [0.3, 0.4) is 0 Å². The summed E-state index contributed by atoms with van der Waals surface area (Å²) in [6, 6.07) is 0. The average Bonchev–Trinajstić information content (AvgIpc) is 2.41. The van der Waals surface area contributed by atoms with Crippen molar-refractivity contribution in [2.75, 3.05) is 19.8 Å². The number of carbonyl (C=O) groups excluding carboxylic acids is 1. The molecule has 3 N–H and O–H groups in total. The van der Waals surface area contributed by atoms with Crippen molar-refractivity contribution in [3.8, 4) is 0 Å². The van der Waals surface area contributed by atoms with Gasteiger partial charge in [0.2, 0.25) is 5.91 Å². The normalized spacial score (nSPS) is 26.9. The Hall–Kier alpha value is -0.650.